The summed E-state index contributed by atoms with van der Waals surface area (Å²) in [4.78, 5) is 0. The fourth-order valence-electron chi connectivity index (χ4n) is 3.33. The number of rotatable bonds is 7. The predicted molar refractivity (Wildman–Crippen MR) is 78.2 cm³/mol. The average molecular weight is 269 g/mol. The molecular formula is C16H31NO2. The summed E-state index contributed by atoms with van der Waals surface area (Å²) < 4.78 is 5.85. The molecule has 0 heterocycles. The van der Waals surface area contributed by atoms with Gasteiger partial charge in [-0.2, -0.15) is 0 Å². The van der Waals surface area contributed by atoms with Crippen LogP contribution in [0.5, 0.6) is 0 Å². The van der Waals surface area contributed by atoms with E-state index in [2.05, 4.69) is 19.2 Å². The molecule has 3 heteroatoms. The Kier molecular flexibility index (Phi) is 5.67. The van der Waals surface area contributed by atoms with Crippen LogP contribution in [0.1, 0.15) is 58.8 Å². The number of nitrogens with one attached hydrogen (secondary N) is 1. The van der Waals surface area contributed by atoms with Gasteiger partial charge in [0.05, 0.1) is 18.8 Å². The fourth-order valence-corrected chi connectivity index (χ4v) is 3.33. The van der Waals surface area contributed by atoms with Crippen molar-refractivity contribution < 1.29 is 9.84 Å². The molecule has 3 nitrogen and oxygen atoms in total. The first-order valence-corrected chi connectivity index (χ1v) is 8.08. The largest absolute Gasteiger partial charge is 0.389 e. The summed E-state index contributed by atoms with van der Waals surface area (Å²) >= 11 is 0. The van der Waals surface area contributed by atoms with E-state index < -0.39 is 0 Å². The Morgan fingerprint density at radius 2 is 2.11 bits per heavy atom. The van der Waals surface area contributed by atoms with Gasteiger partial charge in [-0.1, -0.05) is 33.1 Å². The van der Waals surface area contributed by atoms with E-state index in [1.807, 2.05) is 0 Å². The quantitative estimate of drug-likeness (QED) is 0.746. The maximum absolute atomic E-state index is 9.95. The lowest BCUT2D eigenvalue weighted by Crippen LogP contribution is -2.41. The molecule has 0 bridgehead atoms. The summed E-state index contributed by atoms with van der Waals surface area (Å²) in [6.07, 6.45) is 8.98. The van der Waals surface area contributed by atoms with Gasteiger partial charge in [-0.05, 0) is 37.0 Å². The monoisotopic (exact) mass is 269 g/mol. The molecule has 112 valence electrons. The Bertz CT molecular complexity index is 265. The van der Waals surface area contributed by atoms with E-state index in [0.717, 1.165) is 18.9 Å². The van der Waals surface area contributed by atoms with Gasteiger partial charge in [0.2, 0.25) is 0 Å². The number of aliphatic hydroxyl groups excluding tert-OH is 1. The average Bonchev–Trinajstić information content (AvgIpc) is 2.34. The lowest BCUT2D eigenvalue weighted by atomic mass is 9.70. The second-order valence-corrected chi connectivity index (χ2v) is 7.18. The van der Waals surface area contributed by atoms with Crippen LogP contribution in [0.3, 0.4) is 0 Å². The van der Waals surface area contributed by atoms with E-state index in [1.54, 1.807) is 0 Å². The van der Waals surface area contributed by atoms with Crippen LogP contribution in [0.15, 0.2) is 0 Å². The van der Waals surface area contributed by atoms with Gasteiger partial charge in [0.15, 0.2) is 0 Å². The highest BCUT2D eigenvalue weighted by atomic mass is 16.5. The molecule has 0 aliphatic heterocycles. The zero-order chi connectivity index (χ0) is 13.7. The van der Waals surface area contributed by atoms with Gasteiger partial charge in [-0.15, -0.1) is 0 Å². The molecule has 2 aliphatic rings. The van der Waals surface area contributed by atoms with Crippen molar-refractivity contribution in [1.82, 2.24) is 5.32 Å². The van der Waals surface area contributed by atoms with Crippen molar-refractivity contribution in [3.05, 3.63) is 0 Å². The molecule has 2 saturated carbocycles. The van der Waals surface area contributed by atoms with Crippen LogP contribution >= 0.6 is 0 Å². The van der Waals surface area contributed by atoms with E-state index in [9.17, 15) is 5.11 Å². The highest BCUT2D eigenvalue weighted by Gasteiger charge is 2.31. The third kappa shape index (κ3) is 5.05. The number of hydrogen-bond acceptors (Lipinski definition) is 3. The first kappa shape index (κ1) is 15.3. The molecule has 2 rings (SSSR count). The third-order valence-electron chi connectivity index (χ3n) is 4.90. The Labute approximate surface area is 118 Å². The van der Waals surface area contributed by atoms with E-state index in [-0.39, 0.29) is 6.10 Å². The molecule has 2 fully saturated rings. The molecule has 0 radical (unpaired) electrons. The summed E-state index contributed by atoms with van der Waals surface area (Å²) in [5.74, 6) is 0.785. The molecule has 0 aromatic heterocycles. The Hall–Kier alpha value is -0.120. The zero-order valence-corrected chi connectivity index (χ0v) is 12.7. The fraction of sp³-hybridized carbons (Fsp3) is 1.00. The van der Waals surface area contributed by atoms with Gasteiger partial charge in [0.25, 0.3) is 0 Å². The molecule has 0 aromatic carbocycles. The van der Waals surface area contributed by atoms with Crippen LogP contribution in [0, 0.1) is 11.3 Å². The molecule has 0 saturated heterocycles. The molecule has 2 aliphatic carbocycles. The maximum Gasteiger partial charge on any atom is 0.0897 e. The topological polar surface area (TPSA) is 41.5 Å². The van der Waals surface area contributed by atoms with Gasteiger partial charge in [-0.25, -0.2) is 0 Å². The first-order valence-electron chi connectivity index (χ1n) is 8.08. The molecule has 3 atom stereocenters. The smallest absolute Gasteiger partial charge is 0.0897 e. The molecule has 19 heavy (non-hydrogen) atoms. The highest BCUT2D eigenvalue weighted by molar-refractivity contribution is 4.85. The molecule has 0 amide bonds. The minimum Gasteiger partial charge on any atom is -0.389 e. The van der Waals surface area contributed by atoms with Crippen LogP contribution in [0.25, 0.3) is 0 Å². The van der Waals surface area contributed by atoms with Crippen molar-refractivity contribution in [2.24, 2.45) is 11.3 Å². The van der Waals surface area contributed by atoms with Crippen molar-refractivity contribution in [3.8, 4) is 0 Å². The van der Waals surface area contributed by atoms with Crippen molar-refractivity contribution >= 4 is 0 Å². The summed E-state index contributed by atoms with van der Waals surface area (Å²) in [5, 5.41) is 13.3. The van der Waals surface area contributed by atoms with E-state index in [0.29, 0.717) is 24.7 Å². The number of hydrogen-bond donors (Lipinski definition) is 2. The Balaban J connectivity index is 1.52. The van der Waals surface area contributed by atoms with Gasteiger partial charge in [-0.3, -0.25) is 0 Å². The van der Waals surface area contributed by atoms with Gasteiger partial charge in [0, 0.05) is 13.1 Å². The van der Waals surface area contributed by atoms with Crippen molar-refractivity contribution in [2.45, 2.75) is 71.0 Å². The standard InChI is InChI=1S/C16H31NO2/c1-13-5-3-6-15(9-13)19-11-14(18)10-17-12-16(2)7-4-8-16/h13-15,17-18H,3-12H2,1-2H3. The minimum absolute atomic E-state index is 0.360. The molecular weight excluding hydrogens is 238 g/mol. The lowest BCUT2D eigenvalue weighted by molar-refractivity contribution is -0.0314. The Morgan fingerprint density at radius 3 is 2.74 bits per heavy atom. The van der Waals surface area contributed by atoms with Crippen molar-refractivity contribution in [1.29, 1.82) is 0 Å². The van der Waals surface area contributed by atoms with E-state index >= 15 is 0 Å². The number of ether oxygens (including phenoxy) is 1. The second kappa shape index (κ2) is 7.05. The second-order valence-electron chi connectivity index (χ2n) is 7.18. The maximum atomic E-state index is 9.95. The third-order valence-corrected chi connectivity index (χ3v) is 4.90. The first-order chi connectivity index (χ1) is 9.07. The zero-order valence-electron chi connectivity index (χ0n) is 12.7. The van der Waals surface area contributed by atoms with E-state index in [4.69, 9.17) is 4.74 Å². The number of aliphatic hydroxyl groups is 1. The van der Waals surface area contributed by atoms with Crippen molar-refractivity contribution in [3.63, 3.8) is 0 Å². The lowest BCUT2D eigenvalue weighted by Gasteiger charge is -2.38. The highest BCUT2D eigenvalue weighted by Crippen LogP contribution is 2.39. The molecule has 3 unspecified atom stereocenters. The Morgan fingerprint density at radius 1 is 1.32 bits per heavy atom. The summed E-state index contributed by atoms with van der Waals surface area (Å²) in [6, 6.07) is 0. The van der Waals surface area contributed by atoms with Crippen LogP contribution < -0.4 is 5.32 Å². The van der Waals surface area contributed by atoms with Crippen LogP contribution in [0.4, 0.5) is 0 Å². The molecule has 0 aromatic rings. The normalized spacial score (nSPS) is 31.7. The summed E-state index contributed by atoms with van der Waals surface area (Å²) in [7, 11) is 0. The molecule has 0 spiro atoms. The van der Waals surface area contributed by atoms with E-state index in [1.165, 1.54) is 38.5 Å². The summed E-state index contributed by atoms with van der Waals surface area (Å²) in [5.41, 5.74) is 0.485. The van der Waals surface area contributed by atoms with Gasteiger partial charge >= 0.3 is 0 Å². The van der Waals surface area contributed by atoms with Gasteiger partial charge in [0.1, 0.15) is 0 Å². The SMILES string of the molecule is CC1CCCC(OCC(O)CNCC2(C)CCC2)C1. The van der Waals surface area contributed by atoms with Crippen molar-refractivity contribution in [2.75, 3.05) is 19.7 Å². The molecule has 2 N–H and O–H groups in total. The minimum atomic E-state index is -0.360. The van der Waals surface area contributed by atoms with Crippen LogP contribution in [-0.4, -0.2) is 37.0 Å². The van der Waals surface area contributed by atoms with Crippen LogP contribution in [-0.2, 0) is 4.74 Å². The van der Waals surface area contributed by atoms with Gasteiger partial charge < -0.3 is 15.2 Å². The summed E-state index contributed by atoms with van der Waals surface area (Å²) in [6.45, 7) is 6.81. The predicted octanol–water partition coefficient (Wildman–Crippen LogP) is 2.72. The van der Waals surface area contributed by atoms with Crippen LogP contribution in [0.2, 0.25) is 0 Å².